The standard InChI is InChI=1S/C16H12BrClN2/c17-13-6-7-14(18)12(9-13)10-20-15-5-1-3-11-4-2-8-19-16(11)15/h1-9,20H,10H2. The predicted molar refractivity (Wildman–Crippen MR) is 88.2 cm³/mol. The van der Waals surface area contributed by atoms with Crippen LogP contribution in [0.2, 0.25) is 5.02 Å². The zero-order valence-corrected chi connectivity index (χ0v) is 12.9. The molecule has 0 atom stereocenters. The van der Waals surface area contributed by atoms with Crippen LogP contribution in [0.15, 0.2) is 59.2 Å². The smallest absolute Gasteiger partial charge is 0.0933 e. The third kappa shape index (κ3) is 2.79. The van der Waals surface area contributed by atoms with Crippen LogP contribution in [0.5, 0.6) is 0 Å². The quantitative estimate of drug-likeness (QED) is 0.699. The summed E-state index contributed by atoms with van der Waals surface area (Å²) in [4.78, 5) is 4.43. The zero-order chi connectivity index (χ0) is 13.9. The molecule has 0 fully saturated rings. The Bertz CT molecular complexity index is 753. The van der Waals surface area contributed by atoms with Gasteiger partial charge in [-0.25, -0.2) is 0 Å². The third-order valence-electron chi connectivity index (χ3n) is 3.11. The van der Waals surface area contributed by atoms with E-state index in [-0.39, 0.29) is 0 Å². The lowest BCUT2D eigenvalue weighted by Gasteiger charge is -2.10. The lowest BCUT2D eigenvalue weighted by atomic mass is 10.1. The Morgan fingerprint density at radius 1 is 1.10 bits per heavy atom. The average molecular weight is 348 g/mol. The van der Waals surface area contributed by atoms with Gasteiger partial charge in [0.25, 0.3) is 0 Å². The number of hydrogen-bond acceptors (Lipinski definition) is 2. The van der Waals surface area contributed by atoms with Crippen LogP contribution in [0.1, 0.15) is 5.56 Å². The predicted octanol–water partition coefficient (Wildman–Crippen LogP) is 5.26. The van der Waals surface area contributed by atoms with Crippen molar-refractivity contribution >= 4 is 44.1 Å². The van der Waals surface area contributed by atoms with Gasteiger partial charge in [0.05, 0.1) is 11.2 Å². The Balaban J connectivity index is 1.89. The molecule has 3 rings (SSSR count). The van der Waals surface area contributed by atoms with Crippen LogP contribution in [0, 0.1) is 0 Å². The van der Waals surface area contributed by atoms with Gasteiger partial charge in [-0.2, -0.15) is 0 Å². The molecule has 0 spiro atoms. The van der Waals surface area contributed by atoms with Gasteiger partial charge in [0.2, 0.25) is 0 Å². The Hall–Kier alpha value is -1.58. The Labute approximate surface area is 130 Å². The van der Waals surface area contributed by atoms with Gasteiger partial charge >= 0.3 is 0 Å². The number of halogens is 2. The van der Waals surface area contributed by atoms with E-state index in [4.69, 9.17) is 11.6 Å². The van der Waals surface area contributed by atoms with Crippen molar-refractivity contribution in [3.05, 3.63) is 69.8 Å². The first-order valence-electron chi connectivity index (χ1n) is 6.25. The number of nitrogens with zero attached hydrogens (tertiary/aromatic N) is 1. The minimum Gasteiger partial charge on any atom is -0.379 e. The van der Waals surface area contributed by atoms with Crippen LogP contribution in [-0.2, 0) is 6.54 Å². The number of hydrogen-bond donors (Lipinski definition) is 1. The first-order valence-corrected chi connectivity index (χ1v) is 7.43. The Morgan fingerprint density at radius 2 is 1.95 bits per heavy atom. The fourth-order valence-corrected chi connectivity index (χ4v) is 2.71. The number of fused-ring (bicyclic) bond motifs is 1. The SMILES string of the molecule is Clc1ccc(Br)cc1CNc1cccc2cccnc12. The fraction of sp³-hybridized carbons (Fsp3) is 0.0625. The molecule has 2 aromatic carbocycles. The molecule has 0 aliphatic carbocycles. The number of pyridine rings is 1. The number of anilines is 1. The molecule has 1 N–H and O–H groups in total. The van der Waals surface area contributed by atoms with Gasteiger partial charge in [-0.05, 0) is 35.9 Å². The van der Waals surface area contributed by atoms with Crippen molar-refractivity contribution in [3.63, 3.8) is 0 Å². The summed E-state index contributed by atoms with van der Waals surface area (Å²) in [5, 5.41) is 5.29. The monoisotopic (exact) mass is 346 g/mol. The maximum atomic E-state index is 6.20. The van der Waals surface area contributed by atoms with Crippen molar-refractivity contribution in [1.82, 2.24) is 4.98 Å². The van der Waals surface area contributed by atoms with Gasteiger partial charge in [-0.3, -0.25) is 4.98 Å². The van der Waals surface area contributed by atoms with E-state index in [1.54, 1.807) is 6.20 Å². The van der Waals surface area contributed by atoms with Crippen LogP contribution in [0.3, 0.4) is 0 Å². The molecule has 0 aliphatic rings. The van der Waals surface area contributed by atoms with Crippen molar-refractivity contribution in [2.75, 3.05) is 5.32 Å². The summed E-state index contributed by atoms with van der Waals surface area (Å²) in [6, 6.07) is 16.0. The average Bonchev–Trinajstić information content (AvgIpc) is 2.48. The van der Waals surface area contributed by atoms with Gasteiger partial charge in [-0.15, -0.1) is 0 Å². The molecule has 0 aliphatic heterocycles. The van der Waals surface area contributed by atoms with Crippen LogP contribution in [0.4, 0.5) is 5.69 Å². The summed E-state index contributed by atoms with van der Waals surface area (Å²) in [5.41, 5.74) is 3.04. The highest BCUT2D eigenvalue weighted by molar-refractivity contribution is 9.10. The highest BCUT2D eigenvalue weighted by Gasteiger charge is 2.04. The molecule has 2 nitrogen and oxygen atoms in total. The van der Waals surface area contributed by atoms with E-state index >= 15 is 0 Å². The van der Waals surface area contributed by atoms with Crippen molar-refractivity contribution in [1.29, 1.82) is 0 Å². The molecule has 0 unspecified atom stereocenters. The van der Waals surface area contributed by atoms with Crippen molar-refractivity contribution < 1.29 is 0 Å². The van der Waals surface area contributed by atoms with Gasteiger partial charge in [0, 0.05) is 27.6 Å². The zero-order valence-electron chi connectivity index (χ0n) is 10.6. The van der Waals surface area contributed by atoms with Gasteiger partial charge in [0.1, 0.15) is 0 Å². The van der Waals surface area contributed by atoms with E-state index in [0.29, 0.717) is 6.54 Å². The fourth-order valence-electron chi connectivity index (χ4n) is 2.12. The molecule has 4 heteroatoms. The summed E-state index contributed by atoms with van der Waals surface area (Å²) in [5.74, 6) is 0. The van der Waals surface area contributed by atoms with Crippen LogP contribution >= 0.6 is 27.5 Å². The van der Waals surface area contributed by atoms with E-state index in [1.807, 2.05) is 36.4 Å². The van der Waals surface area contributed by atoms with Crippen LogP contribution in [0.25, 0.3) is 10.9 Å². The summed E-state index contributed by atoms with van der Waals surface area (Å²) in [6.45, 7) is 0.661. The molecule has 0 amide bonds. The maximum absolute atomic E-state index is 6.20. The lowest BCUT2D eigenvalue weighted by Crippen LogP contribution is -2.01. The molecule has 1 aromatic heterocycles. The Morgan fingerprint density at radius 3 is 2.85 bits per heavy atom. The van der Waals surface area contributed by atoms with Gasteiger partial charge in [0.15, 0.2) is 0 Å². The lowest BCUT2D eigenvalue weighted by molar-refractivity contribution is 1.15. The highest BCUT2D eigenvalue weighted by Crippen LogP contribution is 2.24. The van der Waals surface area contributed by atoms with Crippen molar-refractivity contribution in [2.24, 2.45) is 0 Å². The molecule has 0 saturated carbocycles. The van der Waals surface area contributed by atoms with E-state index in [0.717, 1.165) is 31.6 Å². The molecule has 0 radical (unpaired) electrons. The summed E-state index contributed by atoms with van der Waals surface area (Å²) in [6.07, 6.45) is 1.81. The third-order valence-corrected chi connectivity index (χ3v) is 3.97. The summed E-state index contributed by atoms with van der Waals surface area (Å²) in [7, 11) is 0. The maximum Gasteiger partial charge on any atom is 0.0933 e. The van der Waals surface area contributed by atoms with E-state index in [9.17, 15) is 0 Å². The second-order valence-corrected chi connectivity index (χ2v) is 5.79. The topological polar surface area (TPSA) is 24.9 Å². The molecule has 3 aromatic rings. The number of para-hydroxylation sites is 1. The van der Waals surface area contributed by atoms with Gasteiger partial charge in [-0.1, -0.05) is 45.7 Å². The van der Waals surface area contributed by atoms with Gasteiger partial charge < -0.3 is 5.32 Å². The van der Waals surface area contributed by atoms with E-state index in [1.165, 1.54) is 0 Å². The normalized spacial score (nSPS) is 10.7. The number of benzene rings is 2. The molecule has 0 saturated heterocycles. The molecular weight excluding hydrogens is 336 g/mol. The molecular formula is C16H12BrClN2. The number of rotatable bonds is 3. The minimum absolute atomic E-state index is 0.661. The molecule has 20 heavy (non-hydrogen) atoms. The summed E-state index contributed by atoms with van der Waals surface area (Å²) >= 11 is 9.67. The van der Waals surface area contributed by atoms with E-state index < -0.39 is 0 Å². The van der Waals surface area contributed by atoms with Crippen LogP contribution in [-0.4, -0.2) is 4.98 Å². The molecule has 0 bridgehead atoms. The van der Waals surface area contributed by atoms with Crippen molar-refractivity contribution in [2.45, 2.75) is 6.54 Å². The first kappa shape index (κ1) is 13.4. The molecule has 1 heterocycles. The highest BCUT2D eigenvalue weighted by atomic mass is 79.9. The largest absolute Gasteiger partial charge is 0.379 e. The Kier molecular flexibility index (Phi) is 3.90. The number of aromatic nitrogens is 1. The molecule has 100 valence electrons. The van der Waals surface area contributed by atoms with Crippen LogP contribution < -0.4 is 5.32 Å². The first-order chi connectivity index (χ1) is 9.74. The second kappa shape index (κ2) is 5.81. The minimum atomic E-state index is 0.661. The van der Waals surface area contributed by atoms with Crippen molar-refractivity contribution in [3.8, 4) is 0 Å². The van der Waals surface area contributed by atoms with E-state index in [2.05, 4.69) is 38.4 Å². The summed E-state index contributed by atoms with van der Waals surface area (Å²) < 4.78 is 1.02. The second-order valence-electron chi connectivity index (χ2n) is 4.47. The number of nitrogens with one attached hydrogen (secondary N) is 1.